The van der Waals surface area contributed by atoms with Gasteiger partial charge in [0.1, 0.15) is 6.04 Å². The average Bonchev–Trinajstić information content (AvgIpc) is 2.34. The van der Waals surface area contributed by atoms with E-state index in [0.29, 0.717) is 6.54 Å². The van der Waals surface area contributed by atoms with E-state index in [2.05, 4.69) is 29.4 Å². The van der Waals surface area contributed by atoms with Crippen molar-refractivity contribution in [1.29, 1.82) is 0 Å². The van der Waals surface area contributed by atoms with Crippen LogP contribution in [0.3, 0.4) is 0 Å². The lowest BCUT2D eigenvalue weighted by molar-refractivity contribution is -0.141. The second-order valence-electron chi connectivity index (χ2n) is 5.92. The van der Waals surface area contributed by atoms with E-state index in [1.807, 2.05) is 0 Å². The molecule has 0 saturated carbocycles. The van der Waals surface area contributed by atoms with Crippen LogP contribution in [0.1, 0.15) is 41.0 Å². The molecule has 1 atom stereocenters. The second-order valence-corrected chi connectivity index (χ2v) is 5.92. The Balaban J connectivity index is 4.07. The Hall–Kier alpha value is -1.30. The van der Waals surface area contributed by atoms with E-state index >= 15 is 0 Å². The summed E-state index contributed by atoms with van der Waals surface area (Å²) >= 11 is 0. The van der Waals surface area contributed by atoms with Gasteiger partial charge in [0, 0.05) is 6.54 Å². The minimum atomic E-state index is -1.02. The Kier molecular flexibility index (Phi) is 8.22. The Bertz CT molecular complexity index is 309. The standard InChI is InChI=1S/C14H29N3O3/c1-6-17(7-2)10-8-9-15-13(20)16-11(12(18)19)14(3,4)5/h11H,6-10H2,1-5H3,(H,18,19)(H2,15,16,20)/t11-/m1/s1. The van der Waals surface area contributed by atoms with E-state index in [9.17, 15) is 9.59 Å². The van der Waals surface area contributed by atoms with Crippen molar-refractivity contribution in [2.75, 3.05) is 26.2 Å². The number of nitrogens with zero attached hydrogens (tertiary/aromatic N) is 1. The molecule has 0 aromatic heterocycles. The van der Waals surface area contributed by atoms with Gasteiger partial charge in [-0.2, -0.15) is 0 Å². The molecule has 0 bridgehead atoms. The van der Waals surface area contributed by atoms with Gasteiger partial charge in [-0.15, -0.1) is 0 Å². The molecule has 20 heavy (non-hydrogen) atoms. The van der Waals surface area contributed by atoms with Gasteiger partial charge in [-0.05, 0) is 31.5 Å². The van der Waals surface area contributed by atoms with Crippen molar-refractivity contribution in [2.45, 2.75) is 47.1 Å². The predicted molar refractivity (Wildman–Crippen MR) is 79.8 cm³/mol. The van der Waals surface area contributed by atoms with Crippen LogP contribution in [-0.2, 0) is 4.79 Å². The number of carbonyl (C=O) groups is 2. The first-order valence-electron chi connectivity index (χ1n) is 7.21. The van der Waals surface area contributed by atoms with Crippen molar-refractivity contribution in [3.8, 4) is 0 Å². The molecule has 0 spiro atoms. The third-order valence-corrected chi connectivity index (χ3v) is 3.22. The summed E-state index contributed by atoms with van der Waals surface area (Å²) in [6.07, 6.45) is 0.850. The highest BCUT2D eigenvalue weighted by Gasteiger charge is 2.32. The first kappa shape index (κ1) is 18.7. The van der Waals surface area contributed by atoms with Gasteiger partial charge in [0.25, 0.3) is 0 Å². The van der Waals surface area contributed by atoms with Crippen LogP contribution in [-0.4, -0.2) is 54.2 Å². The fourth-order valence-corrected chi connectivity index (χ4v) is 1.88. The van der Waals surface area contributed by atoms with Gasteiger partial charge in [-0.3, -0.25) is 0 Å². The highest BCUT2D eigenvalue weighted by Crippen LogP contribution is 2.19. The number of nitrogens with one attached hydrogen (secondary N) is 2. The first-order chi connectivity index (χ1) is 9.22. The molecule has 0 aromatic rings. The van der Waals surface area contributed by atoms with Crippen LogP contribution in [0.5, 0.6) is 0 Å². The summed E-state index contributed by atoms with van der Waals surface area (Å²) in [6.45, 7) is 13.0. The number of aliphatic carboxylic acids is 1. The van der Waals surface area contributed by atoms with Gasteiger partial charge in [0.15, 0.2) is 0 Å². The minimum absolute atomic E-state index is 0.424. The first-order valence-corrected chi connectivity index (χ1v) is 7.21. The van der Waals surface area contributed by atoms with E-state index < -0.39 is 23.5 Å². The topological polar surface area (TPSA) is 81.7 Å². The minimum Gasteiger partial charge on any atom is -0.480 e. The molecule has 0 saturated heterocycles. The molecule has 0 aromatic carbocycles. The van der Waals surface area contributed by atoms with Crippen molar-refractivity contribution in [1.82, 2.24) is 15.5 Å². The lowest BCUT2D eigenvalue weighted by Gasteiger charge is -2.27. The summed E-state index contributed by atoms with van der Waals surface area (Å²) < 4.78 is 0. The normalized spacial score (nSPS) is 13.1. The molecule has 2 amide bonds. The number of carbonyl (C=O) groups excluding carboxylic acids is 1. The molecule has 0 aliphatic heterocycles. The third-order valence-electron chi connectivity index (χ3n) is 3.22. The van der Waals surface area contributed by atoms with E-state index in [4.69, 9.17) is 5.11 Å². The quantitative estimate of drug-likeness (QED) is 0.591. The Morgan fingerprint density at radius 2 is 1.75 bits per heavy atom. The van der Waals surface area contributed by atoms with E-state index in [-0.39, 0.29) is 0 Å². The van der Waals surface area contributed by atoms with Crippen LogP contribution in [0.2, 0.25) is 0 Å². The van der Waals surface area contributed by atoms with E-state index in [0.717, 1.165) is 26.1 Å². The Labute approximate surface area is 121 Å². The number of rotatable bonds is 8. The summed E-state index contributed by atoms with van der Waals surface area (Å²) in [5.74, 6) is -1.02. The summed E-state index contributed by atoms with van der Waals surface area (Å²) in [5.41, 5.74) is -0.523. The van der Waals surface area contributed by atoms with Crippen LogP contribution < -0.4 is 10.6 Å². The van der Waals surface area contributed by atoms with Crippen molar-refractivity contribution in [3.05, 3.63) is 0 Å². The van der Waals surface area contributed by atoms with Gasteiger partial charge >= 0.3 is 12.0 Å². The zero-order valence-corrected chi connectivity index (χ0v) is 13.3. The van der Waals surface area contributed by atoms with Crippen LogP contribution in [0.15, 0.2) is 0 Å². The molecule has 3 N–H and O–H groups in total. The fraction of sp³-hybridized carbons (Fsp3) is 0.857. The van der Waals surface area contributed by atoms with Crippen molar-refractivity contribution < 1.29 is 14.7 Å². The molecule has 0 rings (SSSR count). The molecular weight excluding hydrogens is 258 g/mol. The van der Waals surface area contributed by atoms with Crippen molar-refractivity contribution >= 4 is 12.0 Å². The largest absolute Gasteiger partial charge is 0.480 e. The molecule has 6 heteroatoms. The molecule has 0 fully saturated rings. The third kappa shape index (κ3) is 7.33. The molecule has 0 heterocycles. The molecule has 0 aliphatic rings. The van der Waals surface area contributed by atoms with Crippen molar-refractivity contribution in [2.24, 2.45) is 5.41 Å². The zero-order valence-electron chi connectivity index (χ0n) is 13.3. The maximum Gasteiger partial charge on any atom is 0.326 e. The molecule has 6 nitrogen and oxygen atoms in total. The Morgan fingerprint density at radius 3 is 2.15 bits per heavy atom. The van der Waals surface area contributed by atoms with Gasteiger partial charge in [-0.1, -0.05) is 34.6 Å². The van der Waals surface area contributed by atoms with Gasteiger partial charge in [0.2, 0.25) is 0 Å². The zero-order chi connectivity index (χ0) is 15.8. The molecule has 118 valence electrons. The maximum absolute atomic E-state index is 11.7. The number of hydrogen-bond acceptors (Lipinski definition) is 3. The van der Waals surface area contributed by atoms with Crippen LogP contribution >= 0.6 is 0 Å². The Morgan fingerprint density at radius 1 is 1.20 bits per heavy atom. The van der Waals surface area contributed by atoms with Crippen LogP contribution in [0, 0.1) is 5.41 Å². The lowest BCUT2D eigenvalue weighted by Crippen LogP contribution is -2.52. The SMILES string of the molecule is CCN(CC)CCCNC(=O)N[C@H](C(=O)O)C(C)(C)C. The van der Waals surface area contributed by atoms with Crippen molar-refractivity contribution in [3.63, 3.8) is 0 Å². The number of hydrogen-bond donors (Lipinski definition) is 3. The summed E-state index contributed by atoms with van der Waals surface area (Å²) in [4.78, 5) is 25.1. The summed E-state index contributed by atoms with van der Waals surface area (Å²) in [7, 11) is 0. The molecule has 0 unspecified atom stereocenters. The van der Waals surface area contributed by atoms with E-state index in [1.54, 1.807) is 20.8 Å². The number of urea groups is 1. The highest BCUT2D eigenvalue weighted by atomic mass is 16.4. The fourth-order valence-electron chi connectivity index (χ4n) is 1.88. The second kappa shape index (κ2) is 8.79. The smallest absolute Gasteiger partial charge is 0.326 e. The van der Waals surface area contributed by atoms with Crippen LogP contribution in [0.25, 0.3) is 0 Å². The molecule has 0 radical (unpaired) electrons. The van der Waals surface area contributed by atoms with Gasteiger partial charge in [0.05, 0.1) is 0 Å². The molecular formula is C14H29N3O3. The number of amides is 2. The van der Waals surface area contributed by atoms with Gasteiger partial charge in [-0.25, -0.2) is 9.59 Å². The average molecular weight is 287 g/mol. The lowest BCUT2D eigenvalue weighted by atomic mass is 9.87. The number of carboxylic acids is 1. The highest BCUT2D eigenvalue weighted by molar-refractivity contribution is 5.83. The maximum atomic E-state index is 11.7. The van der Waals surface area contributed by atoms with E-state index in [1.165, 1.54) is 0 Å². The monoisotopic (exact) mass is 287 g/mol. The summed E-state index contributed by atoms with van der Waals surface area (Å²) in [6, 6.07) is -1.32. The predicted octanol–water partition coefficient (Wildman–Crippen LogP) is 1.52. The number of carboxylic acid groups (broad SMARTS) is 1. The van der Waals surface area contributed by atoms with Gasteiger partial charge < -0.3 is 20.6 Å². The van der Waals surface area contributed by atoms with Crippen LogP contribution in [0.4, 0.5) is 4.79 Å². The molecule has 0 aliphatic carbocycles. The summed E-state index contributed by atoms with van der Waals surface area (Å²) in [5, 5.41) is 14.3.